The van der Waals surface area contributed by atoms with E-state index >= 15 is 0 Å². The second kappa shape index (κ2) is 4.89. The van der Waals surface area contributed by atoms with Gasteiger partial charge in [0.05, 0.1) is 16.9 Å². The van der Waals surface area contributed by atoms with E-state index in [0.29, 0.717) is 0 Å². The molecule has 1 fully saturated rings. The van der Waals surface area contributed by atoms with Crippen molar-refractivity contribution in [2.24, 2.45) is 0 Å². The molecule has 0 aromatic carbocycles. The minimum absolute atomic E-state index is 0.359. The van der Waals surface area contributed by atoms with Crippen LogP contribution in [0.5, 0.6) is 0 Å². The minimum Gasteiger partial charge on any atom is -0.399 e. The lowest BCUT2D eigenvalue weighted by atomic mass is 9.79. The van der Waals surface area contributed by atoms with Crippen LogP contribution in [0.4, 0.5) is 0 Å². The maximum atomic E-state index is 6.05. The van der Waals surface area contributed by atoms with Crippen molar-refractivity contribution in [2.75, 3.05) is 0 Å². The molecular formula is C15H18BN3O2. The highest BCUT2D eigenvalue weighted by molar-refractivity contribution is 6.62. The summed E-state index contributed by atoms with van der Waals surface area (Å²) < 4.78 is 12.1. The Morgan fingerprint density at radius 2 is 1.71 bits per heavy atom. The van der Waals surface area contributed by atoms with Gasteiger partial charge in [-0.2, -0.15) is 0 Å². The molecule has 0 saturated carbocycles. The summed E-state index contributed by atoms with van der Waals surface area (Å²) in [5, 5.41) is 0. The van der Waals surface area contributed by atoms with Gasteiger partial charge in [-0.1, -0.05) is 0 Å². The predicted octanol–water partition coefficient (Wildman–Crippen LogP) is 1.84. The highest BCUT2D eigenvalue weighted by Gasteiger charge is 2.51. The topological polar surface area (TPSA) is 57.1 Å². The van der Waals surface area contributed by atoms with E-state index < -0.39 is 7.12 Å². The van der Waals surface area contributed by atoms with Crippen LogP contribution in [0.25, 0.3) is 11.3 Å². The molecule has 1 aliphatic rings. The maximum absolute atomic E-state index is 6.05. The molecule has 0 amide bonds. The van der Waals surface area contributed by atoms with Crippen LogP contribution in [0.15, 0.2) is 37.1 Å². The summed E-state index contributed by atoms with van der Waals surface area (Å²) in [5.74, 6) is 0. The van der Waals surface area contributed by atoms with E-state index in [1.165, 1.54) is 6.33 Å². The van der Waals surface area contributed by atoms with E-state index in [0.717, 1.165) is 16.7 Å². The van der Waals surface area contributed by atoms with Gasteiger partial charge in [0.25, 0.3) is 0 Å². The lowest BCUT2D eigenvalue weighted by Gasteiger charge is -2.32. The maximum Gasteiger partial charge on any atom is 0.496 e. The molecule has 1 aliphatic heterocycles. The second-order valence-electron chi connectivity index (χ2n) is 6.19. The van der Waals surface area contributed by atoms with Crippen molar-refractivity contribution in [3.63, 3.8) is 0 Å². The third-order valence-corrected chi connectivity index (χ3v) is 4.16. The minimum atomic E-state index is -0.413. The van der Waals surface area contributed by atoms with Gasteiger partial charge >= 0.3 is 7.12 Å². The number of pyridine rings is 1. The molecule has 21 heavy (non-hydrogen) atoms. The zero-order valence-corrected chi connectivity index (χ0v) is 12.7. The molecule has 2 aromatic rings. The SMILES string of the molecule is CC1(C)OB(c2cncc(-c3ccncn3)c2)OC1(C)C. The van der Waals surface area contributed by atoms with E-state index in [4.69, 9.17) is 9.31 Å². The average Bonchev–Trinajstić information content (AvgIpc) is 2.69. The summed E-state index contributed by atoms with van der Waals surface area (Å²) >= 11 is 0. The van der Waals surface area contributed by atoms with Crippen molar-refractivity contribution in [3.05, 3.63) is 37.1 Å². The number of nitrogens with zero attached hydrogens (tertiary/aromatic N) is 3. The molecule has 0 spiro atoms. The smallest absolute Gasteiger partial charge is 0.399 e. The fraction of sp³-hybridized carbons (Fsp3) is 0.400. The third kappa shape index (κ3) is 2.56. The highest BCUT2D eigenvalue weighted by Crippen LogP contribution is 2.36. The predicted molar refractivity (Wildman–Crippen MR) is 81.0 cm³/mol. The average molecular weight is 283 g/mol. The normalized spacial score (nSPS) is 19.7. The second-order valence-corrected chi connectivity index (χ2v) is 6.19. The fourth-order valence-corrected chi connectivity index (χ4v) is 2.17. The molecule has 0 atom stereocenters. The molecule has 0 aliphatic carbocycles. The van der Waals surface area contributed by atoms with Gasteiger partial charge in [0.1, 0.15) is 6.33 Å². The lowest BCUT2D eigenvalue weighted by Crippen LogP contribution is -2.41. The van der Waals surface area contributed by atoms with Gasteiger partial charge in [-0.05, 0) is 39.8 Å². The van der Waals surface area contributed by atoms with Crippen molar-refractivity contribution < 1.29 is 9.31 Å². The Kier molecular flexibility index (Phi) is 3.30. The van der Waals surface area contributed by atoms with Gasteiger partial charge in [0.15, 0.2) is 0 Å². The summed E-state index contributed by atoms with van der Waals surface area (Å²) in [6, 6.07) is 3.85. The van der Waals surface area contributed by atoms with Crippen molar-refractivity contribution in [2.45, 2.75) is 38.9 Å². The van der Waals surface area contributed by atoms with Gasteiger partial charge < -0.3 is 9.31 Å². The zero-order valence-electron chi connectivity index (χ0n) is 12.7. The van der Waals surface area contributed by atoms with Crippen molar-refractivity contribution >= 4 is 12.6 Å². The quantitative estimate of drug-likeness (QED) is 0.787. The van der Waals surface area contributed by atoms with Crippen LogP contribution in [0.1, 0.15) is 27.7 Å². The Labute approximate surface area is 124 Å². The first-order chi connectivity index (χ1) is 9.89. The summed E-state index contributed by atoms with van der Waals surface area (Å²) in [4.78, 5) is 12.4. The molecule has 108 valence electrons. The van der Waals surface area contributed by atoms with Crippen LogP contribution >= 0.6 is 0 Å². The summed E-state index contributed by atoms with van der Waals surface area (Å²) in [6.45, 7) is 8.15. The zero-order chi connectivity index (χ0) is 15.1. The molecule has 5 nitrogen and oxygen atoms in total. The number of rotatable bonds is 2. The third-order valence-electron chi connectivity index (χ3n) is 4.16. The highest BCUT2D eigenvalue weighted by atomic mass is 16.7. The molecule has 1 saturated heterocycles. The van der Waals surface area contributed by atoms with Crippen LogP contribution in [0.3, 0.4) is 0 Å². The van der Waals surface area contributed by atoms with Gasteiger partial charge in [0, 0.05) is 29.6 Å². The van der Waals surface area contributed by atoms with Crippen molar-refractivity contribution in [1.29, 1.82) is 0 Å². The first kappa shape index (κ1) is 14.2. The number of hydrogen-bond acceptors (Lipinski definition) is 5. The van der Waals surface area contributed by atoms with Crippen molar-refractivity contribution in [3.8, 4) is 11.3 Å². The molecule has 0 unspecified atom stereocenters. The molecule has 0 N–H and O–H groups in total. The molecule has 3 rings (SSSR count). The monoisotopic (exact) mass is 283 g/mol. The van der Waals surface area contributed by atoms with Gasteiger partial charge in [-0.15, -0.1) is 0 Å². The van der Waals surface area contributed by atoms with E-state index in [2.05, 4.69) is 15.0 Å². The van der Waals surface area contributed by atoms with Gasteiger partial charge in [-0.3, -0.25) is 4.98 Å². The first-order valence-corrected chi connectivity index (χ1v) is 6.96. The van der Waals surface area contributed by atoms with Crippen molar-refractivity contribution in [1.82, 2.24) is 15.0 Å². The van der Waals surface area contributed by atoms with E-state index in [9.17, 15) is 0 Å². The summed E-state index contributed by atoms with van der Waals surface area (Å²) in [5.41, 5.74) is 1.93. The molecule has 0 radical (unpaired) electrons. The Hall–Kier alpha value is -1.79. The fourth-order valence-electron chi connectivity index (χ4n) is 2.17. The standard InChI is InChI=1S/C15H18BN3O2/c1-14(2)15(3,4)21-16(20-14)12-7-11(8-18-9-12)13-5-6-17-10-19-13/h5-10H,1-4H3. The molecule has 0 bridgehead atoms. The number of hydrogen-bond donors (Lipinski definition) is 0. The first-order valence-electron chi connectivity index (χ1n) is 6.96. The van der Waals surface area contributed by atoms with Crippen LogP contribution in [0.2, 0.25) is 0 Å². The number of aromatic nitrogens is 3. The molecule has 3 heterocycles. The molecule has 6 heteroatoms. The molecule has 2 aromatic heterocycles. The summed E-state index contributed by atoms with van der Waals surface area (Å²) in [7, 11) is -0.413. The van der Waals surface area contributed by atoms with E-state index in [1.54, 1.807) is 18.6 Å². The Balaban J connectivity index is 1.92. The Morgan fingerprint density at radius 3 is 2.33 bits per heavy atom. The van der Waals surface area contributed by atoms with Crippen LogP contribution in [0, 0.1) is 0 Å². The van der Waals surface area contributed by atoms with Crippen LogP contribution in [-0.4, -0.2) is 33.3 Å². The van der Waals surface area contributed by atoms with Gasteiger partial charge in [0.2, 0.25) is 0 Å². The van der Waals surface area contributed by atoms with Crippen LogP contribution < -0.4 is 5.46 Å². The lowest BCUT2D eigenvalue weighted by molar-refractivity contribution is 0.00578. The van der Waals surface area contributed by atoms with Gasteiger partial charge in [-0.25, -0.2) is 9.97 Å². The van der Waals surface area contributed by atoms with E-state index in [1.807, 2.05) is 39.8 Å². The Morgan fingerprint density at radius 1 is 1.00 bits per heavy atom. The largest absolute Gasteiger partial charge is 0.496 e. The summed E-state index contributed by atoms with van der Waals surface area (Å²) in [6.07, 6.45) is 6.78. The molecular weight excluding hydrogens is 265 g/mol. The van der Waals surface area contributed by atoms with E-state index in [-0.39, 0.29) is 11.2 Å². The van der Waals surface area contributed by atoms with Crippen LogP contribution in [-0.2, 0) is 9.31 Å². The Bertz CT molecular complexity index is 630.